The number of carbonyl (C=O) groups is 1. The smallest absolute Gasteiger partial charge is 0.244 e. The molecule has 4 nitrogen and oxygen atoms in total. The number of para-hydroxylation sites is 1. The van der Waals surface area contributed by atoms with Gasteiger partial charge in [0.15, 0.2) is 0 Å². The summed E-state index contributed by atoms with van der Waals surface area (Å²) in [6, 6.07) is 9.56. The molecule has 2 rings (SSSR count). The highest BCUT2D eigenvalue weighted by Gasteiger charge is 2.10. The zero-order chi connectivity index (χ0) is 15.2. The van der Waals surface area contributed by atoms with Gasteiger partial charge in [-0.15, -0.1) is 0 Å². The summed E-state index contributed by atoms with van der Waals surface area (Å²) in [6.45, 7) is 4.24. The van der Waals surface area contributed by atoms with Crippen molar-refractivity contribution in [3.05, 3.63) is 53.9 Å². The van der Waals surface area contributed by atoms with Gasteiger partial charge >= 0.3 is 0 Å². The van der Waals surface area contributed by atoms with E-state index in [1.165, 1.54) is 0 Å². The van der Waals surface area contributed by atoms with Crippen LogP contribution in [0.25, 0.3) is 0 Å². The molecule has 2 aromatic rings. The Hall–Kier alpha value is -2.07. The van der Waals surface area contributed by atoms with Crippen LogP contribution >= 0.6 is 0 Å². The van der Waals surface area contributed by atoms with Gasteiger partial charge in [0.1, 0.15) is 6.54 Å². The summed E-state index contributed by atoms with van der Waals surface area (Å²) >= 11 is 0. The maximum absolute atomic E-state index is 12.0. The molecule has 21 heavy (non-hydrogen) atoms. The molecule has 2 N–H and O–H groups in total. The van der Waals surface area contributed by atoms with E-state index in [4.69, 9.17) is 0 Å². The highest BCUT2D eigenvalue weighted by Crippen LogP contribution is 2.18. The zero-order valence-corrected chi connectivity index (χ0v) is 12.5. The number of hydrogen-bond acceptors (Lipinski definition) is 2. The summed E-state index contributed by atoms with van der Waals surface area (Å²) < 4.78 is 1.79. The van der Waals surface area contributed by atoms with Crippen molar-refractivity contribution < 1.29 is 9.90 Å². The minimum atomic E-state index is -0.448. The number of benzene rings is 1. The van der Waals surface area contributed by atoms with Gasteiger partial charge in [-0.05, 0) is 36.6 Å². The third kappa shape index (κ3) is 4.20. The van der Waals surface area contributed by atoms with Crippen molar-refractivity contribution in [1.82, 2.24) is 4.57 Å². The number of amides is 1. The van der Waals surface area contributed by atoms with Crippen molar-refractivity contribution >= 4 is 11.6 Å². The first-order chi connectivity index (χ1) is 10.1. The van der Waals surface area contributed by atoms with Crippen molar-refractivity contribution in [3.8, 4) is 0 Å². The van der Waals surface area contributed by atoms with Crippen molar-refractivity contribution in [2.24, 2.45) is 0 Å². The van der Waals surface area contributed by atoms with Crippen molar-refractivity contribution in [3.63, 3.8) is 0 Å². The second-order valence-corrected chi connectivity index (χ2v) is 5.28. The SMILES string of the molecule is CCCC(O)c1ccn(CC(=O)Nc2ccccc2C)c1. The van der Waals surface area contributed by atoms with Crippen LogP contribution in [0.5, 0.6) is 0 Å². The number of anilines is 1. The number of aliphatic hydroxyl groups is 1. The predicted molar refractivity (Wildman–Crippen MR) is 84.1 cm³/mol. The molecular weight excluding hydrogens is 264 g/mol. The average Bonchev–Trinajstić information content (AvgIpc) is 2.90. The topological polar surface area (TPSA) is 54.3 Å². The first-order valence-electron chi connectivity index (χ1n) is 7.29. The molecule has 0 aliphatic carbocycles. The monoisotopic (exact) mass is 286 g/mol. The number of rotatable bonds is 6. The molecule has 1 heterocycles. The van der Waals surface area contributed by atoms with Gasteiger partial charge in [-0.3, -0.25) is 4.79 Å². The van der Waals surface area contributed by atoms with E-state index in [0.29, 0.717) is 0 Å². The van der Waals surface area contributed by atoms with E-state index in [9.17, 15) is 9.90 Å². The van der Waals surface area contributed by atoms with Crippen LogP contribution in [0.1, 0.15) is 37.0 Å². The molecule has 0 fully saturated rings. The lowest BCUT2D eigenvalue weighted by atomic mass is 10.1. The molecule has 112 valence electrons. The van der Waals surface area contributed by atoms with Crippen LogP contribution in [-0.2, 0) is 11.3 Å². The van der Waals surface area contributed by atoms with Crippen LogP contribution in [0.15, 0.2) is 42.7 Å². The number of hydrogen-bond donors (Lipinski definition) is 2. The number of aromatic nitrogens is 1. The maximum atomic E-state index is 12.0. The van der Waals surface area contributed by atoms with Crippen molar-refractivity contribution in [2.45, 2.75) is 39.3 Å². The van der Waals surface area contributed by atoms with Crippen LogP contribution in [0.2, 0.25) is 0 Å². The van der Waals surface area contributed by atoms with E-state index >= 15 is 0 Å². The molecule has 0 saturated heterocycles. The Kier molecular flexibility index (Phi) is 5.17. The molecule has 1 aromatic heterocycles. The Labute approximate surface area is 125 Å². The second-order valence-electron chi connectivity index (χ2n) is 5.28. The van der Waals surface area contributed by atoms with Gasteiger partial charge in [-0.2, -0.15) is 0 Å². The lowest BCUT2D eigenvalue weighted by Crippen LogP contribution is -2.18. The summed E-state index contributed by atoms with van der Waals surface area (Å²) in [5.41, 5.74) is 2.74. The predicted octanol–water partition coefficient (Wildman–Crippen LogP) is 3.27. The lowest BCUT2D eigenvalue weighted by molar-refractivity contribution is -0.116. The summed E-state index contributed by atoms with van der Waals surface area (Å²) in [5.74, 6) is -0.0727. The van der Waals surface area contributed by atoms with Crippen LogP contribution in [0, 0.1) is 6.92 Å². The minimum absolute atomic E-state index is 0.0727. The Bertz CT molecular complexity index is 604. The van der Waals surface area contributed by atoms with Gasteiger partial charge in [0.2, 0.25) is 5.91 Å². The third-order valence-corrected chi connectivity index (χ3v) is 3.47. The van der Waals surface area contributed by atoms with Crippen LogP contribution in [-0.4, -0.2) is 15.6 Å². The van der Waals surface area contributed by atoms with E-state index in [2.05, 4.69) is 5.32 Å². The highest BCUT2D eigenvalue weighted by atomic mass is 16.3. The summed E-state index contributed by atoms with van der Waals surface area (Å²) in [6.07, 6.45) is 4.87. The molecule has 4 heteroatoms. The van der Waals surface area contributed by atoms with Gasteiger partial charge in [0, 0.05) is 18.1 Å². The maximum Gasteiger partial charge on any atom is 0.244 e. The van der Waals surface area contributed by atoms with Gasteiger partial charge in [-0.25, -0.2) is 0 Å². The van der Waals surface area contributed by atoms with Crippen molar-refractivity contribution in [1.29, 1.82) is 0 Å². The van der Waals surface area contributed by atoms with Crippen LogP contribution in [0.4, 0.5) is 5.69 Å². The molecule has 0 radical (unpaired) electrons. The molecule has 1 atom stereocenters. The molecule has 1 amide bonds. The number of carbonyl (C=O) groups excluding carboxylic acids is 1. The quantitative estimate of drug-likeness (QED) is 0.856. The molecule has 0 spiro atoms. The standard InChI is InChI=1S/C17H22N2O2/c1-3-6-16(20)14-9-10-19(11-14)12-17(21)18-15-8-5-4-7-13(15)2/h4-5,7-11,16,20H,3,6,12H2,1-2H3,(H,18,21). The molecule has 0 bridgehead atoms. The van der Waals surface area contributed by atoms with Gasteiger partial charge < -0.3 is 15.0 Å². The fourth-order valence-electron chi connectivity index (χ4n) is 2.26. The highest BCUT2D eigenvalue weighted by molar-refractivity contribution is 5.91. The zero-order valence-electron chi connectivity index (χ0n) is 12.5. The molecule has 0 aliphatic heterocycles. The van der Waals surface area contributed by atoms with Gasteiger partial charge in [0.05, 0.1) is 6.10 Å². The Morgan fingerprint density at radius 2 is 2.10 bits per heavy atom. The average molecular weight is 286 g/mol. The minimum Gasteiger partial charge on any atom is -0.388 e. The molecular formula is C17H22N2O2. The first kappa shape index (κ1) is 15.3. The molecule has 0 saturated carbocycles. The number of aryl methyl sites for hydroxylation is 1. The summed E-state index contributed by atoms with van der Waals surface area (Å²) in [4.78, 5) is 12.0. The molecule has 0 aliphatic rings. The second kappa shape index (κ2) is 7.09. The number of nitrogens with zero attached hydrogens (tertiary/aromatic N) is 1. The summed E-state index contributed by atoms with van der Waals surface area (Å²) in [5, 5.41) is 12.8. The van der Waals surface area contributed by atoms with E-state index in [1.807, 2.05) is 56.6 Å². The van der Waals surface area contributed by atoms with Crippen molar-refractivity contribution in [2.75, 3.05) is 5.32 Å². The third-order valence-electron chi connectivity index (χ3n) is 3.47. The number of nitrogens with one attached hydrogen (secondary N) is 1. The number of aliphatic hydroxyl groups excluding tert-OH is 1. The largest absolute Gasteiger partial charge is 0.388 e. The van der Waals surface area contributed by atoms with E-state index in [0.717, 1.165) is 29.7 Å². The van der Waals surface area contributed by atoms with Crippen LogP contribution in [0.3, 0.4) is 0 Å². The van der Waals surface area contributed by atoms with E-state index < -0.39 is 6.10 Å². The van der Waals surface area contributed by atoms with Gasteiger partial charge in [0.25, 0.3) is 0 Å². The summed E-state index contributed by atoms with van der Waals surface area (Å²) in [7, 11) is 0. The Morgan fingerprint density at radius 1 is 1.33 bits per heavy atom. The fourth-order valence-corrected chi connectivity index (χ4v) is 2.26. The normalized spacial score (nSPS) is 12.1. The van der Waals surface area contributed by atoms with E-state index in [-0.39, 0.29) is 12.5 Å². The van der Waals surface area contributed by atoms with E-state index in [1.54, 1.807) is 4.57 Å². The molecule has 1 unspecified atom stereocenters. The first-order valence-corrected chi connectivity index (χ1v) is 7.29. The molecule has 1 aromatic carbocycles. The van der Waals surface area contributed by atoms with Gasteiger partial charge in [-0.1, -0.05) is 31.5 Å². The Balaban J connectivity index is 1.96. The lowest BCUT2D eigenvalue weighted by Gasteiger charge is -2.09. The fraction of sp³-hybridized carbons (Fsp3) is 0.353. The Morgan fingerprint density at radius 3 is 2.81 bits per heavy atom. The van der Waals surface area contributed by atoms with Crippen LogP contribution < -0.4 is 5.32 Å².